The molecule has 0 unspecified atom stereocenters. The van der Waals surface area contributed by atoms with Gasteiger partial charge in [0.25, 0.3) is 0 Å². The maximum atomic E-state index is 5.48. The van der Waals surface area contributed by atoms with Crippen molar-refractivity contribution in [2.45, 2.75) is 36.2 Å². The standard InChI is InChI=1S/C18H18BrN3OS2/c1-23-16-7-4-13(19)9-12(16)11-25-18-21-20-17(22(18)14-5-6-14)10-15-3-2-8-24-15/h2-4,7-9,14H,5-6,10-11H2,1H3. The first-order valence-electron chi connectivity index (χ1n) is 8.16. The van der Waals surface area contributed by atoms with Gasteiger partial charge in [-0.2, -0.15) is 0 Å². The molecule has 2 heterocycles. The maximum absolute atomic E-state index is 5.48. The van der Waals surface area contributed by atoms with Crippen molar-refractivity contribution in [2.24, 2.45) is 0 Å². The normalized spacial score (nSPS) is 14.0. The summed E-state index contributed by atoms with van der Waals surface area (Å²) in [6, 6.07) is 10.9. The minimum absolute atomic E-state index is 0.567. The second kappa shape index (κ2) is 7.51. The second-order valence-corrected chi connectivity index (χ2v) is 8.89. The molecule has 4 rings (SSSR count). The largest absolute Gasteiger partial charge is 0.496 e. The van der Waals surface area contributed by atoms with E-state index in [2.05, 4.69) is 54.3 Å². The van der Waals surface area contributed by atoms with Gasteiger partial charge in [0.2, 0.25) is 0 Å². The zero-order valence-corrected chi connectivity index (χ0v) is 17.0. The Bertz CT molecular complexity index is 859. The van der Waals surface area contributed by atoms with E-state index in [-0.39, 0.29) is 0 Å². The summed E-state index contributed by atoms with van der Waals surface area (Å²) in [6.07, 6.45) is 3.31. The van der Waals surface area contributed by atoms with Crippen LogP contribution in [0, 0.1) is 0 Å². The number of halogens is 1. The molecule has 1 aromatic carbocycles. The van der Waals surface area contributed by atoms with Crippen LogP contribution in [0.3, 0.4) is 0 Å². The van der Waals surface area contributed by atoms with Crippen molar-refractivity contribution in [1.29, 1.82) is 0 Å². The van der Waals surface area contributed by atoms with Crippen LogP contribution in [0.4, 0.5) is 0 Å². The molecule has 130 valence electrons. The molecule has 1 saturated carbocycles. The Hall–Kier alpha value is -1.31. The Kier molecular flexibility index (Phi) is 5.15. The van der Waals surface area contributed by atoms with E-state index in [1.54, 1.807) is 30.2 Å². The van der Waals surface area contributed by atoms with Crippen molar-refractivity contribution >= 4 is 39.0 Å². The number of hydrogen-bond acceptors (Lipinski definition) is 5. The fraction of sp³-hybridized carbons (Fsp3) is 0.333. The average molecular weight is 436 g/mol. The molecule has 0 N–H and O–H groups in total. The highest BCUT2D eigenvalue weighted by atomic mass is 79.9. The van der Waals surface area contributed by atoms with Gasteiger partial charge in [-0.25, -0.2) is 0 Å². The van der Waals surface area contributed by atoms with Crippen molar-refractivity contribution in [3.63, 3.8) is 0 Å². The average Bonchev–Trinajstić information content (AvgIpc) is 3.17. The molecule has 0 bridgehead atoms. The van der Waals surface area contributed by atoms with Crippen LogP contribution in [0.15, 0.2) is 45.3 Å². The molecule has 0 radical (unpaired) electrons. The third-order valence-electron chi connectivity index (χ3n) is 4.16. The van der Waals surface area contributed by atoms with Gasteiger partial charge in [0.15, 0.2) is 5.16 Å². The van der Waals surface area contributed by atoms with E-state index in [0.29, 0.717) is 6.04 Å². The Balaban J connectivity index is 1.55. The monoisotopic (exact) mass is 435 g/mol. The van der Waals surface area contributed by atoms with Gasteiger partial charge in [0, 0.05) is 33.1 Å². The first kappa shape index (κ1) is 17.1. The summed E-state index contributed by atoms with van der Waals surface area (Å²) in [4.78, 5) is 1.33. The molecule has 0 saturated heterocycles. The minimum Gasteiger partial charge on any atom is -0.496 e. The SMILES string of the molecule is COc1ccc(Br)cc1CSc1nnc(Cc2cccs2)n1C1CC1. The summed E-state index contributed by atoms with van der Waals surface area (Å²) in [5, 5.41) is 12.1. The van der Waals surface area contributed by atoms with Gasteiger partial charge in [0.05, 0.1) is 7.11 Å². The molecule has 25 heavy (non-hydrogen) atoms. The van der Waals surface area contributed by atoms with Crippen LogP contribution >= 0.6 is 39.0 Å². The van der Waals surface area contributed by atoms with Crippen LogP contribution in [0.2, 0.25) is 0 Å². The summed E-state index contributed by atoms with van der Waals surface area (Å²) in [5.41, 5.74) is 1.16. The summed E-state index contributed by atoms with van der Waals surface area (Å²) in [5.74, 6) is 2.80. The van der Waals surface area contributed by atoms with Crippen LogP contribution < -0.4 is 4.74 Å². The molecular formula is C18H18BrN3OS2. The van der Waals surface area contributed by atoms with Crippen molar-refractivity contribution in [3.8, 4) is 5.75 Å². The molecule has 1 aliphatic rings. The summed E-state index contributed by atoms with van der Waals surface area (Å²) < 4.78 is 8.88. The Morgan fingerprint density at radius 1 is 1.32 bits per heavy atom. The first-order valence-corrected chi connectivity index (χ1v) is 10.8. The Morgan fingerprint density at radius 2 is 2.20 bits per heavy atom. The van der Waals surface area contributed by atoms with Crippen molar-refractivity contribution < 1.29 is 4.74 Å². The van der Waals surface area contributed by atoms with Gasteiger partial charge in [-0.1, -0.05) is 33.8 Å². The predicted octanol–water partition coefficient (Wildman–Crippen LogP) is 5.33. The lowest BCUT2D eigenvalue weighted by molar-refractivity contribution is 0.411. The highest BCUT2D eigenvalue weighted by Crippen LogP contribution is 2.40. The van der Waals surface area contributed by atoms with E-state index in [0.717, 1.165) is 38.9 Å². The van der Waals surface area contributed by atoms with Crippen LogP contribution in [-0.2, 0) is 12.2 Å². The van der Waals surface area contributed by atoms with E-state index in [9.17, 15) is 0 Å². The molecular weight excluding hydrogens is 418 g/mol. The smallest absolute Gasteiger partial charge is 0.191 e. The lowest BCUT2D eigenvalue weighted by Gasteiger charge is -2.10. The molecule has 0 aliphatic heterocycles. The molecule has 0 amide bonds. The highest BCUT2D eigenvalue weighted by molar-refractivity contribution is 9.10. The third-order valence-corrected chi connectivity index (χ3v) is 6.52. The maximum Gasteiger partial charge on any atom is 0.191 e. The van der Waals surface area contributed by atoms with E-state index < -0.39 is 0 Å². The van der Waals surface area contributed by atoms with Crippen LogP contribution in [0.5, 0.6) is 5.75 Å². The second-order valence-electron chi connectivity index (χ2n) is 6.00. The van der Waals surface area contributed by atoms with E-state index in [1.165, 1.54) is 17.7 Å². The molecule has 1 fully saturated rings. The van der Waals surface area contributed by atoms with E-state index >= 15 is 0 Å². The van der Waals surface area contributed by atoms with Gasteiger partial charge < -0.3 is 9.30 Å². The van der Waals surface area contributed by atoms with Gasteiger partial charge in [-0.3, -0.25) is 0 Å². The van der Waals surface area contributed by atoms with Gasteiger partial charge >= 0.3 is 0 Å². The third kappa shape index (κ3) is 3.93. The number of hydrogen-bond donors (Lipinski definition) is 0. The Morgan fingerprint density at radius 3 is 2.92 bits per heavy atom. The number of nitrogens with zero attached hydrogens (tertiary/aromatic N) is 3. The van der Waals surface area contributed by atoms with Crippen LogP contribution in [-0.4, -0.2) is 21.9 Å². The van der Waals surface area contributed by atoms with E-state index in [4.69, 9.17) is 4.74 Å². The van der Waals surface area contributed by atoms with Gasteiger partial charge in [-0.15, -0.1) is 21.5 Å². The topological polar surface area (TPSA) is 39.9 Å². The predicted molar refractivity (Wildman–Crippen MR) is 106 cm³/mol. The molecule has 7 heteroatoms. The lowest BCUT2D eigenvalue weighted by Crippen LogP contribution is -2.03. The molecule has 0 atom stereocenters. The number of thiophene rings is 1. The molecule has 1 aliphatic carbocycles. The Labute approximate surface area is 163 Å². The number of aromatic nitrogens is 3. The lowest BCUT2D eigenvalue weighted by atomic mass is 10.2. The van der Waals surface area contributed by atoms with Gasteiger partial charge in [0.1, 0.15) is 11.6 Å². The zero-order valence-electron chi connectivity index (χ0n) is 13.8. The number of thioether (sulfide) groups is 1. The first-order chi connectivity index (χ1) is 12.2. The molecule has 2 aromatic heterocycles. The van der Waals surface area contributed by atoms with Gasteiger partial charge in [-0.05, 0) is 42.5 Å². The van der Waals surface area contributed by atoms with Crippen molar-refractivity contribution in [2.75, 3.05) is 7.11 Å². The fourth-order valence-electron chi connectivity index (χ4n) is 2.80. The zero-order chi connectivity index (χ0) is 17.2. The molecule has 0 spiro atoms. The summed E-state index contributed by atoms with van der Waals surface area (Å²) >= 11 is 7.05. The summed E-state index contributed by atoms with van der Waals surface area (Å²) in [7, 11) is 1.71. The number of rotatable bonds is 7. The highest BCUT2D eigenvalue weighted by Gasteiger charge is 2.29. The van der Waals surface area contributed by atoms with Crippen LogP contribution in [0.1, 0.15) is 35.1 Å². The quantitative estimate of drug-likeness (QED) is 0.470. The van der Waals surface area contributed by atoms with Crippen LogP contribution in [0.25, 0.3) is 0 Å². The number of ether oxygens (including phenoxy) is 1. The molecule has 4 nitrogen and oxygen atoms in total. The number of methoxy groups -OCH3 is 1. The number of benzene rings is 1. The minimum atomic E-state index is 0.567. The van der Waals surface area contributed by atoms with E-state index in [1.807, 2.05) is 12.1 Å². The molecule has 3 aromatic rings. The fourth-order valence-corrected chi connectivity index (χ4v) is 4.91. The summed E-state index contributed by atoms with van der Waals surface area (Å²) in [6.45, 7) is 0. The van der Waals surface area contributed by atoms with Crippen molar-refractivity contribution in [3.05, 3.63) is 56.4 Å². The van der Waals surface area contributed by atoms with Crippen molar-refractivity contribution in [1.82, 2.24) is 14.8 Å².